The fourth-order valence-electron chi connectivity index (χ4n) is 2.12. The Balaban J connectivity index is 3.27. The molecule has 0 amide bonds. The van der Waals surface area contributed by atoms with Crippen molar-refractivity contribution in [1.29, 1.82) is 0 Å². The summed E-state index contributed by atoms with van der Waals surface area (Å²) in [5.41, 5.74) is 4.85. The topological polar surface area (TPSA) is 0 Å². The molecular formula is C12H20Ge. The van der Waals surface area contributed by atoms with Crippen molar-refractivity contribution in [3.05, 3.63) is 28.8 Å². The van der Waals surface area contributed by atoms with Crippen LogP contribution in [0.4, 0.5) is 0 Å². The molecule has 0 fully saturated rings. The van der Waals surface area contributed by atoms with Crippen molar-refractivity contribution in [2.75, 3.05) is 0 Å². The van der Waals surface area contributed by atoms with Gasteiger partial charge in [-0.05, 0) is 0 Å². The van der Waals surface area contributed by atoms with Crippen LogP contribution in [-0.2, 0) is 19.3 Å². The van der Waals surface area contributed by atoms with Crippen LogP contribution in [0.15, 0.2) is 12.1 Å². The first-order chi connectivity index (χ1) is 6.24. The zero-order valence-electron chi connectivity index (χ0n) is 9.28. The summed E-state index contributed by atoms with van der Waals surface area (Å²) in [6.45, 7) is 6.81. The molecule has 0 nitrogen and oxygen atoms in total. The van der Waals surface area contributed by atoms with Gasteiger partial charge < -0.3 is 0 Å². The van der Waals surface area contributed by atoms with Gasteiger partial charge in [-0.2, -0.15) is 0 Å². The minimum atomic E-state index is 0.828. The third-order valence-corrected chi connectivity index (χ3v) is 4.82. The monoisotopic (exact) mass is 238 g/mol. The molecule has 0 spiro atoms. The molecule has 0 saturated carbocycles. The Hall–Kier alpha value is -0.237. The van der Waals surface area contributed by atoms with E-state index in [0.717, 1.165) is 16.5 Å². The second-order valence-corrected chi connectivity index (χ2v) is 5.82. The van der Waals surface area contributed by atoms with E-state index in [0.29, 0.717) is 0 Å². The molecule has 0 saturated heterocycles. The normalized spacial score (nSPS) is 10.7. The van der Waals surface area contributed by atoms with Crippen LogP contribution in [0.2, 0.25) is 0 Å². The quantitative estimate of drug-likeness (QED) is 0.696. The summed E-state index contributed by atoms with van der Waals surface area (Å²) in [5, 5.41) is 0. The standard InChI is InChI=1S/C12H20Ge/c1-4-9-7-8-12(13)11(6-3)10(9)5-2/h7-8H,4-6H2,1-3,13H3. The van der Waals surface area contributed by atoms with Crippen molar-refractivity contribution < 1.29 is 0 Å². The number of aryl methyl sites for hydroxylation is 1. The van der Waals surface area contributed by atoms with Gasteiger partial charge in [-0.1, -0.05) is 0 Å². The molecule has 72 valence electrons. The van der Waals surface area contributed by atoms with Crippen molar-refractivity contribution in [2.24, 2.45) is 0 Å². The summed E-state index contributed by atoms with van der Waals surface area (Å²) in [4.78, 5) is 0. The first-order valence-corrected chi connectivity index (χ1v) is 7.44. The summed E-state index contributed by atoms with van der Waals surface area (Å²) < 4.78 is 1.64. The third-order valence-electron chi connectivity index (χ3n) is 2.85. The number of hydrogen-bond acceptors (Lipinski definition) is 0. The second-order valence-electron chi connectivity index (χ2n) is 3.56. The van der Waals surface area contributed by atoms with Gasteiger partial charge in [0.15, 0.2) is 0 Å². The zero-order valence-corrected chi connectivity index (χ0v) is 13.5. The molecule has 0 aromatic heterocycles. The summed E-state index contributed by atoms with van der Waals surface area (Å²) in [5.74, 6) is 0. The van der Waals surface area contributed by atoms with Crippen LogP contribution in [0.1, 0.15) is 37.5 Å². The predicted molar refractivity (Wildman–Crippen MR) is 64.1 cm³/mol. The van der Waals surface area contributed by atoms with Gasteiger partial charge in [0.1, 0.15) is 0 Å². The Morgan fingerprint density at radius 3 is 2.00 bits per heavy atom. The molecule has 0 radical (unpaired) electrons. The summed E-state index contributed by atoms with van der Waals surface area (Å²) >= 11 is 0.828. The van der Waals surface area contributed by atoms with Crippen molar-refractivity contribution in [1.82, 2.24) is 0 Å². The van der Waals surface area contributed by atoms with Gasteiger partial charge in [0.2, 0.25) is 0 Å². The van der Waals surface area contributed by atoms with E-state index in [4.69, 9.17) is 0 Å². The number of hydrogen-bond donors (Lipinski definition) is 0. The molecular weight excluding hydrogens is 217 g/mol. The van der Waals surface area contributed by atoms with Crippen LogP contribution in [0.5, 0.6) is 0 Å². The van der Waals surface area contributed by atoms with Crippen molar-refractivity contribution in [3.63, 3.8) is 0 Å². The molecule has 1 rings (SSSR count). The van der Waals surface area contributed by atoms with E-state index < -0.39 is 0 Å². The molecule has 0 aliphatic heterocycles. The van der Waals surface area contributed by atoms with Gasteiger partial charge >= 0.3 is 89.8 Å². The van der Waals surface area contributed by atoms with E-state index in [1.54, 1.807) is 21.1 Å². The first kappa shape index (κ1) is 10.8. The van der Waals surface area contributed by atoms with E-state index in [1.807, 2.05) is 0 Å². The van der Waals surface area contributed by atoms with Crippen molar-refractivity contribution in [2.45, 2.75) is 40.0 Å². The first-order valence-electron chi connectivity index (χ1n) is 5.34. The van der Waals surface area contributed by atoms with E-state index in [-0.39, 0.29) is 0 Å². The second kappa shape index (κ2) is 4.85. The molecule has 0 bridgehead atoms. The minimum absolute atomic E-state index is 0.828. The third kappa shape index (κ3) is 2.16. The Morgan fingerprint density at radius 1 is 0.923 bits per heavy atom. The summed E-state index contributed by atoms with van der Waals surface area (Å²) in [7, 11) is 0. The van der Waals surface area contributed by atoms with Crippen LogP contribution in [0.3, 0.4) is 0 Å². The Labute approximate surface area is 90.0 Å². The van der Waals surface area contributed by atoms with E-state index in [9.17, 15) is 0 Å². The maximum atomic E-state index is 2.34. The summed E-state index contributed by atoms with van der Waals surface area (Å²) in [6.07, 6.45) is 3.60. The van der Waals surface area contributed by atoms with Gasteiger partial charge in [-0.3, -0.25) is 0 Å². The Kier molecular flexibility index (Phi) is 4.04. The van der Waals surface area contributed by atoms with E-state index in [1.165, 1.54) is 19.3 Å². The van der Waals surface area contributed by atoms with Crippen LogP contribution >= 0.6 is 0 Å². The maximum absolute atomic E-state index is 2.34. The molecule has 1 aromatic carbocycles. The average molecular weight is 237 g/mol. The van der Waals surface area contributed by atoms with Crippen LogP contribution < -0.4 is 4.40 Å². The van der Waals surface area contributed by atoms with Crippen molar-refractivity contribution in [3.8, 4) is 0 Å². The number of benzene rings is 1. The molecule has 0 aliphatic rings. The van der Waals surface area contributed by atoms with Gasteiger partial charge in [0.25, 0.3) is 0 Å². The van der Waals surface area contributed by atoms with E-state index in [2.05, 4.69) is 32.9 Å². The van der Waals surface area contributed by atoms with Gasteiger partial charge in [0.05, 0.1) is 0 Å². The zero-order chi connectivity index (χ0) is 9.84. The molecule has 0 N–H and O–H groups in total. The molecule has 0 aliphatic carbocycles. The van der Waals surface area contributed by atoms with Crippen LogP contribution in [-0.4, -0.2) is 16.5 Å². The molecule has 0 heterocycles. The van der Waals surface area contributed by atoms with E-state index >= 15 is 0 Å². The predicted octanol–water partition coefficient (Wildman–Crippen LogP) is 1.36. The Morgan fingerprint density at radius 2 is 1.54 bits per heavy atom. The van der Waals surface area contributed by atoms with Gasteiger partial charge in [0, 0.05) is 0 Å². The summed E-state index contributed by atoms with van der Waals surface area (Å²) in [6, 6.07) is 4.68. The Bertz CT molecular complexity index is 289. The molecule has 0 unspecified atom stereocenters. The average Bonchev–Trinajstić information content (AvgIpc) is 2.17. The van der Waals surface area contributed by atoms with Gasteiger partial charge in [-0.15, -0.1) is 0 Å². The van der Waals surface area contributed by atoms with Crippen molar-refractivity contribution >= 4 is 20.9 Å². The molecule has 1 heteroatoms. The van der Waals surface area contributed by atoms with Gasteiger partial charge in [-0.25, -0.2) is 0 Å². The fraction of sp³-hybridized carbons (Fsp3) is 0.500. The van der Waals surface area contributed by atoms with Crippen LogP contribution in [0.25, 0.3) is 0 Å². The van der Waals surface area contributed by atoms with Crippen LogP contribution in [0, 0.1) is 0 Å². The molecule has 0 atom stereocenters. The molecule has 13 heavy (non-hydrogen) atoms. The molecule has 1 aromatic rings. The fourth-order valence-corrected chi connectivity index (χ4v) is 3.85. The SMILES string of the molecule is CCc1cc[c]([GeH3])c(CC)c1CC. The number of rotatable bonds is 3.